The number of hydrogen-bond donors (Lipinski definition) is 3. The van der Waals surface area contributed by atoms with Crippen LogP contribution in [0.25, 0.3) is 0 Å². The quantitative estimate of drug-likeness (QED) is 0.623. The summed E-state index contributed by atoms with van der Waals surface area (Å²) in [5.74, 6) is -0.623. The SMILES string of the molecule is CC(=O)Nc1ccc(S(=O)(=O)NCCNC(=O)c2ccccc2Cl)cc1. The third kappa shape index (κ3) is 5.55. The van der Waals surface area contributed by atoms with Gasteiger partial charge < -0.3 is 10.6 Å². The minimum atomic E-state index is -3.72. The van der Waals surface area contributed by atoms with Crippen LogP contribution in [-0.2, 0) is 14.8 Å². The van der Waals surface area contributed by atoms with Crippen LogP contribution in [0.4, 0.5) is 5.69 Å². The predicted octanol–water partition coefficient (Wildman–Crippen LogP) is 2.01. The second kappa shape index (κ2) is 8.79. The summed E-state index contributed by atoms with van der Waals surface area (Å²) in [6.45, 7) is 1.49. The van der Waals surface area contributed by atoms with Gasteiger partial charge in [-0.25, -0.2) is 13.1 Å². The van der Waals surface area contributed by atoms with Crippen molar-refractivity contribution in [1.82, 2.24) is 10.0 Å². The molecule has 0 saturated heterocycles. The summed E-state index contributed by atoms with van der Waals surface area (Å²) in [4.78, 5) is 23.0. The van der Waals surface area contributed by atoms with Gasteiger partial charge in [-0.05, 0) is 36.4 Å². The summed E-state index contributed by atoms with van der Waals surface area (Å²) < 4.78 is 26.8. The molecule has 2 amide bonds. The molecule has 2 aromatic rings. The van der Waals surface area contributed by atoms with Crippen LogP contribution in [0.5, 0.6) is 0 Å². The van der Waals surface area contributed by atoms with Gasteiger partial charge in [0.05, 0.1) is 15.5 Å². The van der Waals surface area contributed by atoms with Crippen LogP contribution in [0, 0.1) is 0 Å². The Morgan fingerprint density at radius 1 is 1.00 bits per heavy atom. The number of carbonyl (C=O) groups is 2. The van der Waals surface area contributed by atoms with E-state index in [4.69, 9.17) is 11.6 Å². The average molecular weight is 396 g/mol. The first-order valence-corrected chi connectivity index (χ1v) is 9.56. The number of hydrogen-bond acceptors (Lipinski definition) is 4. The largest absolute Gasteiger partial charge is 0.351 e. The zero-order valence-corrected chi connectivity index (χ0v) is 15.5. The number of rotatable bonds is 7. The summed E-state index contributed by atoms with van der Waals surface area (Å²) in [5.41, 5.74) is 0.828. The van der Waals surface area contributed by atoms with Gasteiger partial charge in [-0.15, -0.1) is 0 Å². The van der Waals surface area contributed by atoms with Crippen LogP contribution in [0.15, 0.2) is 53.4 Å². The van der Waals surface area contributed by atoms with E-state index in [9.17, 15) is 18.0 Å². The highest BCUT2D eigenvalue weighted by Gasteiger charge is 2.14. The lowest BCUT2D eigenvalue weighted by Crippen LogP contribution is -2.34. The normalized spacial score (nSPS) is 11.0. The van der Waals surface area contributed by atoms with Crippen molar-refractivity contribution < 1.29 is 18.0 Å². The number of halogens is 1. The fourth-order valence-electron chi connectivity index (χ4n) is 2.11. The van der Waals surface area contributed by atoms with E-state index in [1.807, 2.05) is 0 Å². The molecule has 0 saturated carbocycles. The van der Waals surface area contributed by atoms with Gasteiger partial charge in [-0.3, -0.25) is 9.59 Å². The summed E-state index contributed by atoms with van der Waals surface area (Å²) in [6.07, 6.45) is 0. The molecular weight excluding hydrogens is 378 g/mol. The molecule has 3 N–H and O–H groups in total. The second-order valence-corrected chi connectivity index (χ2v) is 7.51. The number of sulfonamides is 1. The smallest absolute Gasteiger partial charge is 0.252 e. The van der Waals surface area contributed by atoms with Crippen molar-refractivity contribution in [2.75, 3.05) is 18.4 Å². The highest BCUT2D eigenvalue weighted by atomic mass is 35.5. The highest BCUT2D eigenvalue weighted by molar-refractivity contribution is 7.89. The molecule has 7 nitrogen and oxygen atoms in total. The molecule has 0 aliphatic heterocycles. The Morgan fingerprint density at radius 3 is 2.27 bits per heavy atom. The zero-order valence-electron chi connectivity index (χ0n) is 14.0. The molecule has 2 aromatic carbocycles. The van der Waals surface area contributed by atoms with Crippen molar-refractivity contribution in [3.05, 3.63) is 59.1 Å². The van der Waals surface area contributed by atoms with E-state index >= 15 is 0 Å². The third-order valence-corrected chi connectivity index (χ3v) is 5.11. The van der Waals surface area contributed by atoms with E-state index in [2.05, 4.69) is 15.4 Å². The first kappa shape index (κ1) is 19.9. The Morgan fingerprint density at radius 2 is 1.65 bits per heavy atom. The molecule has 0 heterocycles. The van der Waals surface area contributed by atoms with Gasteiger partial charge in [0.15, 0.2) is 0 Å². The number of nitrogens with one attached hydrogen (secondary N) is 3. The molecule has 26 heavy (non-hydrogen) atoms. The van der Waals surface area contributed by atoms with Gasteiger partial charge in [0.2, 0.25) is 15.9 Å². The summed E-state index contributed by atoms with van der Waals surface area (Å²) in [5, 5.41) is 5.48. The maximum Gasteiger partial charge on any atom is 0.252 e. The van der Waals surface area contributed by atoms with Crippen LogP contribution in [-0.4, -0.2) is 33.3 Å². The summed E-state index contributed by atoms with van der Waals surface area (Å²) in [6, 6.07) is 12.3. The molecule has 0 aliphatic carbocycles. The molecule has 0 aliphatic rings. The maximum atomic E-state index is 12.2. The van der Waals surface area contributed by atoms with Crippen LogP contribution in [0.2, 0.25) is 5.02 Å². The Kier molecular flexibility index (Phi) is 6.73. The number of carbonyl (C=O) groups excluding carboxylic acids is 2. The van der Waals surface area contributed by atoms with E-state index in [0.717, 1.165) is 0 Å². The third-order valence-electron chi connectivity index (χ3n) is 3.31. The lowest BCUT2D eigenvalue weighted by Gasteiger charge is -2.09. The molecule has 2 rings (SSSR count). The van der Waals surface area contributed by atoms with Crippen LogP contribution >= 0.6 is 11.6 Å². The van der Waals surface area contributed by atoms with Gasteiger partial charge in [0.1, 0.15) is 0 Å². The maximum absolute atomic E-state index is 12.2. The first-order valence-electron chi connectivity index (χ1n) is 7.69. The topological polar surface area (TPSA) is 104 Å². The molecule has 138 valence electrons. The number of amides is 2. The summed E-state index contributed by atoms with van der Waals surface area (Å²) >= 11 is 5.93. The second-order valence-electron chi connectivity index (χ2n) is 5.34. The van der Waals surface area contributed by atoms with Gasteiger partial charge in [-0.2, -0.15) is 0 Å². The van der Waals surface area contributed by atoms with Gasteiger partial charge in [0.25, 0.3) is 5.91 Å². The van der Waals surface area contributed by atoms with Gasteiger partial charge in [0, 0.05) is 25.7 Å². The fourth-order valence-corrected chi connectivity index (χ4v) is 3.36. The molecule has 0 unspecified atom stereocenters. The average Bonchev–Trinajstić information content (AvgIpc) is 2.59. The predicted molar refractivity (Wildman–Crippen MR) is 99.7 cm³/mol. The summed E-state index contributed by atoms with van der Waals surface area (Å²) in [7, 11) is -3.72. The lowest BCUT2D eigenvalue weighted by atomic mass is 10.2. The minimum Gasteiger partial charge on any atom is -0.351 e. The monoisotopic (exact) mass is 395 g/mol. The molecule has 0 atom stereocenters. The minimum absolute atomic E-state index is 0.0198. The molecule has 0 fully saturated rings. The highest BCUT2D eigenvalue weighted by Crippen LogP contribution is 2.15. The van der Waals surface area contributed by atoms with Crippen LogP contribution < -0.4 is 15.4 Å². The number of anilines is 1. The van der Waals surface area contributed by atoms with Crippen molar-refractivity contribution in [2.45, 2.75) is 11.8 Å². The van der Waals surface area contributed by atoms with E-state index in [-0.39, 0.29) is 29.8 Å². The molecular formula is C17H18ClN3O4S. The van der Waals surface area contributed by atoms with E-state index in [1.54, 1.807) is 24.3 Å². The molecule has 0 bridgehead atoms. The van der Waals surface area contributed by atoms with E-state index < -0.39 is 10.0 Å². The standard InChI is InChI=1S/C17H18ClN3O4S/c1-12(22)21-13-6-8-14(9-7-13)26(24,25)20-11-10-19-17(23)15-4-2-3-5-16(15)18/h2-9,20H,10-11H2,1H3,(H,19,23)(H,21,22). The van der Waals surface area contributed by atoms with Crippen molar-refractivity contribution in [3.63, 3.8) is 0 Å². The number of benzene rings is 2. The lowest BCUT2D eigenvalue weighted by molar-refractivity contribution is -0.114. The Balaban J connectivity index is 1.87. The van der Waals surface area contributed by atoms with Crippen molar-refractivity contribution in [2.24, 2.45) is 0 Å². The fraction of sp³-hybridized carbons (Fsp3) is 0.176. The Bertz CT molecular complexity index is 898. The molecule has 9 heteroatoms. The van der Waals surface area contributed by atoms with Crippen molar-refractivity contribution >= 4 is 39.1 Å². The van der Waals surface area contributed by atoms with Crippen molar-refractivity contribution in [3.8, 4) is 0 Å². The van der Waals surface area contributed by atoms with E-state index in [0.29, 0.717) is 16.3 Å². The zero-order chi connectivity index (χ0) is 19.2. The molecule has 0 radical (unpaired) electrons. The van der Waals surface area contributed by atoms with Crippen molar-refractivity contribution in [1.29, 1.82) is 0 Å². The van der Waals surface area contributed by atoms with Crippen LogP contribution in [0.1, 0.15) is 17.3 Å². The first-order chi connectivity index (χ1) is 12.3. The van der Waals surface area contributed by atoms with E-state index in [1.165, 1.54) is 31.2 Å². The van der Waals surface area contributed by atoms with Crippen LogP contribution in [0.3, 0.4) is 0 Å². The van der Waals surface area contributed by atoms with Gasteiger partial charge >= 0.3 is 0 Å². The Hall–Kier alpha value is -2.42. The molecule has 0 aromatic heterocycles. The Labute approximate surface area is 156 Å². The molecule has 0 spiro atoms. The van der Waals surface area contributed by atoms with Gasteiger partial charge in [-0.1, -0.05) is 23.7 Å².